The highest BCUT2D eigenvalue weighted by Crippen LogP contribution is 2.28. The summed E-state index contributed by atoms with van der Waals surface area (Å²) in [5.74, 6) is 0.935. The third kappa shape index (κ3) is 3.35. The van der Waals surface area contributed by atoms with Gasteiger partial charge in [-0.3, -0.25) is 0 Å². The molecule has 0 radical (unpaired) electrons. The standard InChI is InChI=1S/C14H17NS2/c1-10-3-5-12(6-4-10)17-9-13(15)14-11(2)7-8-16-14/h3-8,13H,9,15H2,1-2H3. The molecule has 1 aromatic heterocycles. The van der Waals surface area contributed by atoms with Crippen molar-refractivity contribution in [2.75, 3.05) is 5.75 Å². The Morgan fingerprint density at radius 2 is 1.88 bits per heavy atom. The van der Waals surface area contributed by atoms with E-state index < -0.39 is 0 Å². The van der Waals surface area contributed by atoms with Gasteiger partial charge in [0.2, 0.25) is 0 Å². The molecule has 90 valence electrons. The molecule has 0 bridgehead atoms. The molecule has 1 aromatic carbocycles. The number of aryl methyl sites for hydroxylation is 2. The monoisotopic (exact) mass is 263 g/mol. The summed E-state index contributed by atoms with van der Waals surface area (Å²) in [7, 11) is 0. The van der Waals surface area contributed by atoms with Crippen LogP contribution < -0.4 is 5.73 Å². The average Bonchev–Trinajstić information content (AvgIpc) is 2.74. The molecular weight excluding hydrogens is 246 g/mol. The van der Waals surface area contributed by atoms with E-state index >= 15 is 0 Å². The van der Waals surface area contributed by atoms with Crippen LogP contribution >= 0.6 is 23.1 Å². The van der Waals surface area contributed by atoms with E-state index in [1.165, 1.54) is 20.9 Å². The Morgan fingerprint density at radius 3 is 2.47 bits per heavy atom. The molecular formula is C14H17NS2. The first kappa shape index (κ1) is 12.7. The van der Waals surface area contributed by atoms with Gasteiger partial charge < -0.3 is 5.73 Å². The lowest BCUT2D eigenvalue weighted by molar-refractivity contribution is 0.844. The Bertz CT molecular complexity index is 473. The molecule has 3 heteroatoms. The van der Waals surface area contributed by atoms with Crippen molar-refractivity contribution in [2.45, 2.75) is 24.8 Å². The predicted molar refractivity (Wildman–Crippen MR) is 77.9 cm³/mol. The van der Waals surface area contributed by atoms with E-state index in [1.54, 1.807) is 11.3 Å². The number of rotatable bonds is 4. The molecule has 2 aromatic rings. The summed E-state index contributed by atoms with van der Waals surface area (Å²) in [5, 5.41) is 2.11. The van der Waals surface area contributed by atoms with Gasteiger partial charge in [0.1, 0.15) is 0 Å². The Morgan fingerprint density at radius 1 is 1.18 bits per heavy atom. The van der Waals surface area contributed by atoms with E-state index in [0.29, 0.717) is 0 Å². The summed E-state index contributed by atoms with van der Waals surface area (Å²) in [6.07, 6.45) is 0. The topological polar surface area (TPSA) is 26.0 Å². The summed E-state index contributed by atoms with van der Waals surface area (Å²) in [6.45, 7) is 4.23. The third-order valence-corrected chi connectivity index (χ3v) is 4.97. The summed E-state index contributed by atoms with van der Waals surface area (Å²) < 4.78 is 0. The number of thioether (sulfide) groups is 1. The third-order valence-electron chi connectivity index (χ3n) is 2.69. The maximum absolute atomic E-state index is 6.21. The molecule has 2 N–H and O–H groups in total. The summed E-state index contributed by atoms with van der Waals surface area (Å²) in [5.41, 5.74) is 8.82. The molecule has 0 saturated heterocycles. The molecule has 2 rings (SSSR count). The highest BCUT2D eigenvalue weighted by molar-refractivity contribution is 7.99. The number of hydrogen-bond acceptors (Lipinski definition) is 3. The maximum atomic E-state index is 6.21. The number of thiophene rings is 1. The minimum atomic E-state index is 0.140. The second-order valence-corrected chi connectivity index (χ2v) is 6.24. The van der Waals surface area contributed by atoms with Crippen molar-refractivity contribution in [3.8, 4) is 0 Å². The molecule has 0 aliphatic carbocycles. The number of hydrogen-bond donors (Lipinski definition) is 1. The van der Waals surface area contributed by atoms with E-state index in [2.05, 4.69) is 49.6 Å². The fourth-order valence-corrected chi connectivity index (χ4v) is 3.56. The van der Waals surface area contributed by atoms with Crippen molar-refractivity contribution in [1.29, 1.82) is 0 Å². The van der Waals surface area contributed by atoms with E-state index in [0.717, 1.165) is 5.75 Å². The van der Waals surface area contributed by atoms with Crippen LogP contribution in [0.5, 0.6) is 0 Å². The molecule has 1 heterocycles. The molecule has 17 heavy (non-hydrogen) atoms. The van der Waals surface area contributed by atoms with E-state index in [1.807, 2.05) is 11.8 Å². The Hall–Kier alpha value is -0.770. The molecule has 0 saturated carbocycles. The van der Waals surface area contributed by atoms with Crippen molar-refractivity contribution in [1.82, 2.24) is 0 Å². The summed E-state index contributed by atoms with van der Waals surface area (Å²) >= 11 is 3.58. The van der Waals surface area contributed by atoms with Gasteiger partial charge in [0.15, 0.2) is 0 Å². The molecule has 0 spiro atoms. The zero-order valence-corrected chi connectivity index (χ0v) is 11.8. The molecule has 1 nitrogen and oxygen atoms in total. The molecule has 0 aliphatic heterocycles. The van der Waals surface area contributed by atoms with Gasteiger partial charge in [0.25, 0.3) is 0 Å². The molecule has 0 amide bonds. The van der Waals surface area contributed by atoms with Gasteiger partial charge in [0, 0.05) is 21.6 Å². The molecule has 1 unspecified atom stereocenters. The fraction of sp³-hybridized carbons (Fsp3) is 0.286. The van der Waals surface area contributed by atoms with Crippen LogP contribution in [0.3, 0.4) is 0 Å². The van der Waals surface area contributed by atoms with Gasteiger partial charge >= 0.3 is 0 Å². The van der Waals surface area contributed by atoms with Gasteiger partial charge in [-0.2, -0.15) is 0 Å². The van der Waals surface area contributed by atoms with Crippen LogP contribution in [0.1, 0.15) is 22.0 Å². The number of benzene rings is 1. The molecule has 0 aliphatic rings. The minimum absolute atomic E-state index is 0.140. The minimum Gasteiger partial charge on any atom is -0.323 e. The summed E-state index contributed by atoms with van der Waals surface area (Å²) in [6, 6.07) is 10.9. The van der Waals surface area contributed by atoms with Gasteiger partial charge in [0.05, 0.1) is 0 Å². The van der Waals surface area contributed by atoms with Gasteiger partial charge in [-0.25, -0.2) is 0 Å². The van der Waals surface area contributed by atoms with Crippen LogP contribution in [0.4, 0.5) is 0 Å². The first-order valence-electron chi connectivity index (χ1n) is 5.66. The van der Waals surface area contributed by atoms with Crippen LogP contribution in [0.25, 0.3) is 0 Å². The Kier molecular flexibility index (Phi) is 4.26. The smallest absolute Gasteiger partial charge is 0.0487 e. The van der Waals surface area contributed by atoms with Gasteiger partial charge in [-0.05, 0) is 43.0 Å². The van der Waals surface area contributed by atoms with Gasteiger partial charge in [-0.15, -0.1) is 23.1 Å². The lowest BCUT2D eigenvalue weighted by atomic mass is 10.2. The van der Waals surface area contributed by atoms with Crippen LogP contribution in [0.2, 0.25) is 0 Å². The fourth-order valence-electron chi connectivity index (χ4n) is 1.66. The van der Waals surface area contributed by atoms with E-state index in [-0.39, 0.29) is 6.04 Å². The van der Waals surface area contributed by atoms with Crippen LogP contribution in [-0.2, 0) is 0 Å². The van der Waals surface area contributed by atoms with Crippen molar-refractivity contribution in [2.24, 2.45) is 5.73 Å². The van der Waals surface area contributed by atoms with Crippen molar-refractivity contribution >= 4 is 23.1 Å². The largest absolute Gasteiger partial charge is 0.323 e. The second kappa shape index (κ2) is 5.71. The first-order valence-corrected chi connectivity index (χ1v) is 7.52. The Balaban J connectivity index is 1.94. The normalized spacial score (nSPS) is 12.6. The molecule has 0 fully saturated rings. The van der Waals surface area contributed by atoms with Crippen LogP contribution in [0.15, 0.2) is 40.6 Å². The van der Waals surface area contributed by atoms with Crippen molar-refractivity contribution in [3.63, 3.8) is 0 Å². The van der Waals surface area contributed by atoms with E-state index in [4.69, 9.17) is 5.73 Å². The molecule has 1 atom stereocenters. The first-order chi connectivity index (χ1) is 8.16. The average molecular weight is 263 g/mol. The van der Waals surface area contributed by atoms with E-state index in [9.17, 15) is 0 Å². The zero-order valence-electron chi connectivity index (χ0n) is 10.1. The zero-order chi connectivity index (χ0) is 12.3. The Labute approximate surface area is 111 Å². The van der Waals surface area contributed by atoms with Crippen LogP contribution in [-0.4, -0.2) is 5.75 Å². The lowest BCUT2D eigenvalue weighted by Crippen LogP contribution is -2.12. The quantitative estimate of drug-likeness (QED) is 0.838. The van der Waals surface area contributed by atoms with Gasteiger partial charge in [-0.1, -0.05) is 17.7 Å². The SMILES string of the molecule is Cc1ccc(SCC(N)c2sccc2C)cc1. The lowest BCUT2D eigenvalue weighted by Gasteiger charge is -2.10. The van der Waals surface area contributed by atoms with Crippen molar-refractivity contribution < 1.29 is 0 Å². The van der Waals surface area contributed by atoms with Crippen LogP contribution in [0, 0.1) is 13.8 Å². The highest BCUT2D eigenvalue weighted by Gasteiger charge is 2.10. The highest BCUT2D eigenvalue weighted by atomic mass is 32.2. The second-order valence-electron chi connectivity index (χ2n) is 4.20. The number of nitrogens with two attached hydrogens (primary N) is 1. The van der Waals surface area contributed by atoms with Crippen molar-refractivity contribution in [3.05, 3.63) is 51.7 Å². The summed E-state index contributed by atoms with van der Waals surface area (Å²) in [4.78, 5) is 2.60. The maximum Gasteiger partial charge on any atom is 0.0487 e. The predicted octanol–water partition coefficient (Wildman–Crippen LogP) is 4.16.